The van der Waals surface area contributed by atoms with Gasteiger partial charge in [-0.15, -0.1) is 0 Å². The van der Waals surface area contributed by atoms with E-state index in [1.54, 1.807) is 12.3 Å². The Balaban J connectivity index is 2.40. The van der Waals surface area contributed by atoms with Crippen LogP contribution in [-0.4, -0.2) is 23.3 Å². The number of hydroxylamine groups is 1. The fourth-order valence-electron chi connectivity index (χ4n) is 1.35. The molecule has 0 fully saturated rings. The first-order chi connectivity index (χ1) is 7.88. The molecule has 0 amide bonds. The molecule has 0 spiro atoms. The number of hydrogen-bond acceptors (Lipinski definition) is 3. The van der Waals surface area contributed by atoms with Gasteiger partial charge >= 0.3 is 0 Å². The van der Waals surface area contributed by atoms with Gasteiger partial charge in [0.2, 0.25) is 6.79 Å². The molecule has 5 heteroatoms. The van der Waals surface area contributed by atoms with Crippen LogP contribution in [-0.2, 0) is 0 Å². The summed E-state index contributed by atoms with van der Waals surface area (Å²) in [4.78, 5) is 0. The molecule has 17 heavy (non-hydrogen) atoms. The fraction of sp³-hybridized carbons (Fsp3) is 0.417. The number of nitrogens with zero attached hydrogens (tertiary/aromatic N) is 1. The highest BCUT2D eigenvalue weighted by atomic mass is 79.9. The van der Waals surface area contributed by atoms with E-state index in [4.69, 9.17) is 9.47 Å². The van der Waals surface area contributed by atoms with Crippen molar-refractivity contribution in [2.24, 2.45) is 0 Å². The van der Waals surface area contributed by atoms with Gasteiger partial charge in [0.1, 0.15) is 0 Å². The van der Waals surface area contributed by atoms with Crippen molar-refractivity contribution < 1.29 is 14.2 Å². The van der Waals surface area contributed by atoms with Crippen molar-refractivity contribution in [3.63, 3.8) is 0 Å². The number of fused-ring (bicyclic) bond motifs is 1. The molecular formula is C12H14BrNO3. The lowest BCUT2D eigenvalue weighted by Crippen LogP contribution is -2.29. The minimum atomic E-state index is -0.462. The predicted octanol–water partition coefficient (Wildman–Crippen LogP) is 2.91. The van der Waals surface area contributed by atoms with Gasteiger partial charge in [0.15, 0.2) is 23.3 Å². The van der Waals surface area contributed by atoms with Gasteiger partial charge in [-0.2, -0.15) is 0 Å². The van der Waals surface area contributed by atoms with Crippen LogP contribution in [0, 0.1) is 5.21 Å². The van der Waals surface area contributed by atoms with Gasteiger partial charge < -0.3 is 14.7 Å². The van der Waals surface area contributed by atoms with E-state index in [0.717, 1.165) is 14.8 Å². The summed E-state index contributed by atoms with van der Waals surface area (Å²) in [5.41, 5.74) is 0.315. The Morgan fingerprint density at radius 1 is 1.29 bits per heavy atom. The largest absolute Gasteiger partial charge is 0.623 e. The Kier molecular flexibility index (Phi) is 3.03. The molecule has 1 aliphatic rings. The Morgan fingerprint density at radius 3 is 2.47 bits per heavy atom. The normalized spacial score (nSPS) is 15.2. The number of hydrogen-bond donors (Lipinski definition) is 0. The first-order valence-electron chi connectivity index (χ1n) is 5.28. The summed E-state index contributed by atoms with van der Waals surface area (Å²) in [5.74, 6) is 1.36. The molecule has 4 nitrogen and oxygen atoms in total. The third-order valence-electron chi connectivity index (χ3n) is 2.41. The quantitative estimate of drug-likeness (QED) is 0.347. The van der Waals surface area contributed by atoms with E-state index in [1.165, 1.54) is 0 Å². The highest BCUT2D eigenvalue weighted by molar-refractivity contribution is 9.10. The highest BCUT2D eigenvalue weighted by Gasteiger charge is 2.21. The molecular weight excluding hydrogens is 286 g/mol. The first-order valence-corrected chi connectivity index (χ1v) is 6.08. The summed E-state index contributed by atoms with van der Waals surface area (Å²) in [6.07, 6.45) is 1.55. The molecule has 0 unspecified atom stereocenters. The summed E-state index contributed by atoms with van der Waals surface area (Å²) in [5, 5.41) is 11.9. The van der Waals surface area contributed by atoms with Crippen LogP contribution in [0.1, 0.15) is 26.3 Å². The van der Waals surface area contributed by atoms with Gasteiger partial charge in [-0.25, -0.2) is 4.74 Å². The van der Waals surface area contributed by atoms with E-state index in [9.17, 15) is 5.21 Å². The average Bonchev–Trinajstić information content (AvgIpc) is 2.63. The van der Waals surface area contributed by atoms with Gasteiger partial charge in [-0.3, -0.25) is 0 Å². The molecule has 0 saturated carbocycles. The summed E-state index contributed by atoms with van der Waals surface area (Å²) >= 11 is 3.41. The van der Waals surface area contributed by atoms with Gasteiger partial charge in [0.25, 0.3) is 0 Å². The second-order valence-electron chi connectivity index (χ2n) is 4.85. The average molecular weight is 300 g/mol. The monoisotopic (exact) mass is 299 g/mol. The van der Waals surface area contributed by atoms with Crippen LogP contribution in [0.15, 0.2) is 16.6 Å². The maximum absolute atomic E-state index is 11.9. The lowest BCUT2D eigenvalue weighted by molar-refractivity contribution is -0.530. The molecule has 1 aliphatic heterocycles. The molecule has 0 atom stereocenters. The molecule has 0 radical (unpaired) electrons. The van der Waals surface area contributed by atoms with E-state index in [1.807, 2.05) is 26.8 Å². The molecule has 0 aromatic heterocycles. The standard InChI is InChI=1S/C12H14BrNO3/c1-12(2,3)14(15)6-8-4-10-11(5-9(8)13)17-7-16-10/h4-6H,7H2,1-3H3/b14-6-. The second-order valence-corrected chi connectivity index (χ2v) is 5.71. The minimum Gasteiger partial charge on any atom is -0.623 e. The summed E-state index contributed by atoms with van der Waals surface area (Å²) in [7, 11) is 0. The maximum atomic E-state index is 11.9. The van der Waals surface area contributed by atoms with E-state index in [0.29, 0.717) is 11.5 Å². The van der Waals surface area contributed by atoms with E-state index in [2.05, 4.69) is 15.9 Å². The van der Waals surface area contributed by atoms with Crippen LogP contribution in [0.3, 0.4) is 0 Å². The Bertz CT molecular complexity index is 477. The molecule has 2 rings (SSSR count). The third-order valence-corrected chi connectivity index (χ3v) is 3.10. The zero-order chi connectivity index (χ0) is 12.6. The molecule has 92 valence electrons. The first kappa shape index (κ1) is 12.2. The number of rotatable bonds is 1. The molecule has 1 aromatic rings. The van der Waals surface area contributed by atoms with Crippen LogP contribution < -0.4 is 9.47 Å². The molecule has 0 aliphatic carbocycles. The van der Waals surface area contributed by atoms with Crippen LogP contribution in [0.25, 0.3) is 0 Å². The van der Waals surface area contributed by atoms with E-state index in [-0.39, 0.29) is 6.79 Å². The minimum absolute atomic E-state index is 0.228. The Labute approximate surface area is 109 Å². The summed E-state index contributed by atoms with van der Waals surface area (Å²) in [6, 6.07) is 3.60. The van der Waals surface area contributed by atoms with Crippen LogP contribution in [0.5, 0.6) is 11.5 Å². The van der Waals surface area contributed by atoms with Crippen LogP contribution in [0.4, 0.5) is 0 Å². The van der Waals surface area contributed by atoms with Gasteiger partial charge in [-0.05, 0) is 28.1 Å². The second kappa shape index (κ2) is 4.22. The van der Waals surface area contributed by atoms with Gasteiger partial charge in [0.05, 0.1) is 5.56 Å². The number of halogens is 1. The maximum Gasteiger partial charge on any atom is 0.231 e. The Hall–Kier alpha value is -1.23. The highest BCUT2D eigenvalue weighted by Crippen LogP contribution is 2.36. The number of benzene rings is 1. The smallest absolute Gasteiger partial charge is 0.231 e. The van der Waals surface area contributed by atoms with Gasteiger partial charge in [-0.1, -0.05) is 0 Å². The van der Waals surface area contributed by atoms with E-state index < -0.39 is 5.54 Å². The van der Waals surface area contributed by atoms with Crippen molar-refractivity contribution in [2.75, 3.05) is 6.79 Å². The zero-order valence-corrected chi connectivity index (χ0v) is 11.6. The van der Waals surface area contributed by atoms with Crippen LogP contribution >= 0.6 is 15.9 Å². The van der Waals surface area contributed by atoms with Crippen molar-refractivity contribution in [3.8, 4) is 11.5 Å². The zero-order valence-electron chi connectivity index (χ0n) is 9.99. The third kappa shape index (κ3) is 2.54. The van der Waals surface area contributed by atoms with Crippen molar-refractivity contribution in [2.45, 2.75) is 26.3 Å². The van der Waals surface area contributed by atoms with Crippen molar-refractivity contribution in [3.05, 3.63) is 27.4 Å². The van der Waals surface area contributed by atoms with Crippen molar-refractivity contribution in [1.82, 2.24) is 0 Å². The Morgan fingerprint density at radius 2 is 1.88 bits per heavy atom. The predicted molar refractivity (Wildman–Crippen MR) is 68.8 cm³/mol. The number of ether oxygens (including phenoxy) is 2. The van der Waals surface area contributed by atoms with E-state index >= 15 is 0 Å². The lowest BCUT2D eigenvalue weighted by atomic mass is 10.1. The molecule has 0 N–H and O–H groups in total. The molecule has 1 heterocycles. The van der Waals surface area contributed by atoms with Crippen LogP contribution in [0.2, 0.25) is 0 Å². The summed E-state index contributed by atoms with van der Waals surface area (Å²) < 4.78 is 12.3. The molecule has 0 bridgehead atoms. The summed E-state index contributed by atoms with van der Waals surface area (Å²) in [6.45, 7) is 5.80. The van der Waals surface area contributed by atoms with Crippen molar-refractivity contribution in [1.29, 1.82) is 0 Å². The molecule has 1 aromatic carbocycles. The van der Waals surface area contributed by atoms with Gasteiger partial charge in [0, 0.05) is 25.2 Å². The fourth-order valence-corrected chi connectivity index (χ4v) is 1.78. The topological polar surface area (TPSA) is 44.5 Å². The molecule has 0 saturated heterocycles. The lowest BCUT2D eigenvalue weighted by Gasteiger charge is -2.18. The SMILES string of the molecule is CC(C)(C)/[N+]([O-])=C/c1cc2c(cc1Br)OCO2. The van der Waals surface area contributed by atoms with Crippen molar-refractivity contribution >= 4 is 22.1 Å².